The molecule has 1 saturated carbocycles. The van der Waals surface area contributed by atoms with Gasteiger partial charge in [-0.1, -0.05) is 57.0 Å². The molecule has 38 heavy (non-hydrogen) atoms. The summed E-state index contributed by atoms with van der Waals surface area (Å²) in [5.74, 6) is 0.377. The topological polar surface area (TPSA) is 105 Å². The second-order valence-electron chi connectivity index (χ2n) is 10.9. The van der Waals surface area contributed by atoms with Crippen LogP contribution in [-0.2, 0) is 25.1 Å². The molecule has 1 aliphatic carbocycles. The van der Waals surface area contributed by atoms with Crippen molar-refractivity contribution >= 4 is 15.9 Å². The largest absolute Gasteiger partial charge is 0.497 e. The molecule has 1 aliphatic rings. The summed E-state index contributed by atoms with van der Waals surface area (Å²) < 4.78 is 39.3. The Bertz CT molecular complexity index is 1150. The number of carbonyl (C=O) groups excluding carboxylic acids is 1. The minimum absolute atomic E-state index is 0.0104. The molecule has 0 aliphatic heterocycles. The van der Waals surface area contributed by atoms with Crippen LogP contribution in [0, 0.1) is 11.3 Å². The minimum Gasteiger partial charge on any atom is -0.497 e. The van der Waals surface area contributed by atoms with E-state index in [0.717, 1.165) is 12.8 Å². The molecule has 0 radical (unpaired) electrons. The van der Waals surface area contributed by atoms with Crippen LogP contribution < -0.4 is 10.1 Å². The molecule has 8 nitrogen and oxygen atoms in total. The Morgan fingerprint density at radius 1 is 1.05 bits per heavy atom. The molecule has 1 fully saturated rings. The summed E-state index contributed by atoms with van der Waals surface area (Å²) in [6.45, 7) is 5.91. The number of benzene rings is 2. The SMILES string of the molecule is COCC1(C(=O)N[C@@](C)(c2ccccc2)[C@H](O)CN(CC(C)C)S(=O)(=O)c2ccc(OC)cc2)CCCC1. The van der Waals surface area contributed by atoms with Gasteiger partial charge in [0.2, 0.25) is 15.9 Å². The van der Waals surface area contributed by atoms with Crippen LogP contribution >= 0.6 is 0 Å². The average Bonchev–Trinajstić information content (AvgIpc) is 3.38. The zero-order valence-corrected chi connectivity index (χ0v) is 24.0. The standard InChI is InChI=1S/C29H42N2O6S/c1-22(2)19-31(38(34,35)25-15-13-24(37-5)14-16-25)20-26(32)28(3,23-11-7-6-8-12-23)30-27(33)29(21-36-4)17-9-10-18-29/h6-8,11-16,22,26,32H,9-10,17-21H2,1-5H3,(H,30,33)/t26-,28+/m1/s1. The number of ether oxygens (including phenoxy) is 2. The van der Waals surface area contributed by atoms with E-state index in [1.54, 1.807) is 26.2 Å². The van der Waals surface area contributed by atoms with Crippen molar-refractivity contribution < 1.29 is 27.8 Å². The van der Waals surface area contributed by atoms with E-state index in [1.165, 1.54) is 23.5 Å². The Balaban J connectivity index is 1.97. The van der Waals surface area contributed by atoms with Gasteiger partial charge in [-0.2, -0.15) is 4.31 Å². The first kappa shape index (κ1) is 30.1. The third kappa shape index (κ3) is 6.57. The number of rotatable bonds is 13. The van der Waals surface area contributed by atoms with E-state index in [9.17, 15) is 18.3 Å². The van der Waals surface area contributed by atoms with Crippen molar-refractivity contribution in [2.24, 2.45) is 11.3 Å². The van der Waals surface area contributed by atoms with Crippen LogP contribution in [0.5, 0.6) is 5.75 Å². The van der Waals surface area contributed by atoms with Gasteiger partial charge in [0.15, 0.2) is 0 Å². The number of nitrogens with zero attached hydrogens (tertiary/aromatic N) is 1. The minimum atomic E-state index is -3.94. The first-order valence-electron chi connectivity index (χ1n) is 13.2. The highest BCUT2D eigenvalue weighted by Gasteiger charge is 2.46. The van der Waals surface area contributed by atoms with Gasteiger partial charge in [-0.15, -0.1) is 0 Å². The van der Waals surface area contributed by atoms with E-state index in [4.69, 9.17) is 9.47 Å². The van der Waals surface area contributed by atoms with Gasteiger partial charge in [0.05, 0.1) is 35.7 Å². The summed E-state index contributed by atoms with van der Waals surface area (Å²) in [7, 11) is -0.829. The molecule has 2 N–H and O–H groups in total. The predicted octanol–water partition coefficient (Wildman–Crippen LogP) is 3.94. The van der Waals surface area contributed by atoms with Gasteiger partial charge in [-0.25, -0.2) is 8.42 Å². The van der Waals surface area contributed by atoms with Gasteiger partial charge in [0.1, 0.15) is 5.75 Å². The van der Waals surface area contributed by atoms with E-state index in [0.29, 0.717) is 30.8 Å². The smallest absolute Gasteiger partial charge is 0.243 e. The fraction of sp³-hybridized carbons (Fsp3) is 0.552. The molecule has 0 unspecified atom stereocenters. The highest BCUT2D eigenvalue weighted by Crippen LogP contribution is 2.40. The summed E-state index contributed by atoms with van der Waals surface area (Å²) in [5.41, 5.74) is -1.22. The molecule has 2 aromatic rings. The zero-order chi connectivity index (χ0) is 28.0. The number of aliphatic hydroxyl groups is 1. The molecule has 2 aromatic carbocycles. The number of carbonyl (C=O) groups is 1. The van der Waals surface area contributed by atoms with Gasteiger partial charge in [-0.05, 0) is 55.5 Å². The number of aliphatic hydroxyl groups excluding tert-OH is 1. The Morgan fingerprint density at radius 2 is 1.66 bits per heavy atom. The van der Waals surface area contributed by atoms with Gasteiger partial charge in [0.25, 0.3) is 0 Å². The normalized spacial score (nSPS) is 17.8. The predicted molar refractivity (Wildman–Crippen MR) is 147 cm³/mol. The first-order chi connectivity index (χ1) is 18.0. The Morgan fingerprint density at radius 3 is 2.18 bits per heavy atom. The van der Waals surface area contributed by atoms with E-state index in [1.807, 2.05) is 44.2 Å². The Hall–Kier alpha value is -2.46. The molecule has 0 spiro atoms. The summed E-state index contributed by atoms with van der Waals surface area (Å²) in [6.07, 6.45) is 2.05. The average molecular weight is 547 g/mol. The van der Waals surface area contributed by atoms with Crippen LogP contribution in [0.15, 0.2) is 59.5 Å². The van der Waals surface area contributed by atoms with Crippen LogP contribution in [0.4, 0.5) is 0 Å². The lowest BCUT2D eigenvalue weighted by Crippen LogP contribution is -2.59. The quantitative estimate of drug-likeness (QED) is 0.394. The molecule has 0 aromatic heterocycles. The van der Waals surface area contributed by atoms with Gasteiger partial charge < -0.3 is 19.9 Å². The maximum Gasteiger partial charge on any atom is 0.243 e. The van der Waals surface area contributed by atoms with Crippen molar-refractivity contribution in [2.45, 2.75) is 63.0 Å². The molecule has 0 saturated heterocycles. The monoisotopic (exact) mass is 546 g/mol. The molecule has 210 valence electrons. The number of sulfonamides is 1. The summed E-state index contributed by atoms with van der Waals surface area (Å²) >= 11 is 0. The van der Waals surface area contributed by atoms with Crippen LogP contribution in [0.25, 0.3) is 0 Å². The fourth-order valence-electron chi connectivity index (χ4n) is 5.22. The second-order valence-corrected chi connectivity index (χ2v) is 12.8. The molecular weight excluding hydrogens is 504 g/mol. The van der Waals surface area contributed by atoms with E-state index >= 15 is 0 Å². The lowest BCUT2D eigenvalue weighted by molar-refractivity contribution is -0.137. The number of nitrogens with one attached hydrogen (secondary N) is 1. The van der Waals surface area contributed by atoms with Crippen LogP contribution in [0.3, 0.4) is 0 Å². The van der Waals surface area contributed by atoms with Crippen LogP contribution in [0.1, 0.15) is 52.0 Å². The van der Waals surface area contributed by atoms with Crippen LogP contribution in [0.2, 0.25) is 0 Å². The third-order valence-electron chi connectivity index (χ3n) is 7.52. The zero-order valence-electron chi connectivity index (χ0n) is 23.1. The van der Waals surface area contributed by atoms with Gasteiger partial charge >= 0.3 is 0 Å². The van der Waals surface area contributed by atoms with Crippen molar-refractivity contribution in [3.63, 3.8) is 0 Å². The van der Waals surface area contributed by atoms with Crippen LogP contribution in [-0.4, -0.2) is 63.8 Å². The Labute approximate surface area is 227 Å². The fourth-order valence-corrected chi connectivity index (χ4v) is 6.83. The molecule has 3 rings (SSSR count). The molecule has 1 amide bonds. The highest BCUT2D eigenvalue weighted by atomic mass is 32.2. The van der Waals surface area contributed by atoms with Crippen molar-refractivity contribution in [1.82, 2.24) is 9.62 Å². The summed E-state index contributed by atoms with van der Waals surface area (Å²) in [5, 5.41) is 14.9. The summed E-state index contributed by atoms with van der Waals surface area (Å²) in [4.78, 5) is 13.9. The molecule has 0 heterocycles. The highest BCUT2D eigenvalue weighted by molar-refractivity contribution is 7.89. The lowest BCUT2D eigenvalue weighted by Gasteiger charge is -2.41. The number of hydrogen-bond donors (Lipinski definition) is 2. The maximum atomic E-state index is 13.7. The summed E-state index contributed by atoms with van der Waals surface area (Å²) in [6, 6.07) is 15.4. The lowest BCUT2D eigenvalue weighted by atomic mass is 9.81. The number of methoxy groups -OCH3 is 2. The number of hydrogen-bond acceptors (Lipinski definition) is 6. The molecule has 0 bridgehead atoms. The van der Waals surface area contributed by atoms with E-state index in [-0.39, 0.29) is 29.8 Å². The Kier molecular flexibility index (Phi) is 9.97. The number of amides is 1. The van der Waals surface area contributed by atoms with Crippen molar-refractivity contribution in [1.29, 1.82) is 0 Å². The molecule has 9 heteroatoms. The molecular formula is C29H42N2O6S. The van der Waals surface area contributed by atoms with Crippen molar-refractivity contribution in [3.05, 3.63) is 60.2 Å². The third-order valence-corrected chi connectivity index (χ3v) is 9.36. The first-order valence-corrected chi connectivity index (χ1v) is 14.6. The van der Waals surface area contributed by atoms with Crippen molar-refractivity contribution in [3.8, 4) is 5.75 Å². The maximum absolute atomic E-state index is 13.7. The molecule has 2 atom stereocenters. The van der Waals surface area contributed by atoms with Gasteiger partial charge in [0, 0.05) is 20.2 Å². The van der Waals surface area contributed by atoms with E-state index in [2.05, 4.69) is 5.32 Å². The second kappa shape index (κ2) is 12.6. The van der Waals surface area contributed by atoms with E-state index < -0.39 is 27.1 Å². The van der Waals surface area contributed by atoms with Gasteiger partial charge in [-0.3, -0.25) is 4.79 Å². The van der Waals surface area contributed by atoms with Crippen molar-refractivity contribution in [2.75, 3.05) is 33.9 Å².